The molecule has 0 saturated carbocycles. The van der Waals surface area contributed by atoms with E-state index in [9.17, 15) is 14.0 Å². The highest BCUT2D eigenvalue weighted by molar-refractivity contribution is 6.05. The van der Waals surface area contributed by atoms with Gasteiger partial charge in [-0.1, -0.05) is 72.8 Å². The normalized spacial score (nSPS) is 16.4. The number of carbonyl (C=O) groups is 2. The molecular weight excluding hydrogens is 515 g/mol. The lowest BCUT2D eigenvalue weighted by molar-refractivity contribution is -0.121. The Labute approximate surface area is 238 Å². The lowest BCUT2D eigenvalue weighted by Crippen LogP contribution is -2.55. The van der Waals surface area contributed by atoms with E-state index in [0.29, 0.717) is 17.9 Å². The Morgan fingerprint density at radius 1 is 0.878 bits per heavy atom. The zero-order valence-corrected chi connectivity index (χ0v) is 22.8. The molecule has 0 bridgehead atoms. The summed E-state index contributed by atoms with van der Waals surface area (Å²) in [7, 11) is 0. The Morgan fingerprint density at radius 3 is 2.22 bits per heavy atom. The predicted molar refractivity (Wildman–Crippen MR) is 158 cm³/mol. The summed E-state index contributed by atoms with van der Waals surface area (Å²) in [5, 5.41) is 7.89. The van der Waals surface area contributed by atoms with Crippen molar-refractivity contribution in [2.24, 2.45) is 0 Å². The molecule has 2 amide bonds. The minimum absolute atomic E-state index is 0.251. The van der Waals surface area contributed by atoms with Crippen molar-refractivity contribution in [3.63, 3.8) is 0 Å². The van der Waals surface area contributed by atoms with Crippen LogP contribution in [0.25, 0.3) is 16.8 Å². The number of amides is 2. The van der Waals surface area contributed by atoms with Crippen LogP contribution in [-0.4, -0.2) is 34.2 Å². The molecule has 0 saturated heterocycles. The van der Waals surface area contributed by atoms with Gasteiger partial charge < -0.3 is 5.32 Å². The first-order chi connectivity index (χ1) is 20.0. The fourth-order valence-corrected chi connectivity index (χ4v) is 5.66. The van der Waals surface area contributed by atoms with Crippen LogP contribution in [0.4, 0.5) is 10.2 Å². The minimum Gasteiger partial charge on any atom is -0.339 e. The van der Waals surface area contributed by atoms with Crippen molar-refractivity contribution in [1.29, 1.82) is 0 Å². The van der Waals surface area contributed by atoms with Gasteiger partial charge in [0.2, 0.25) is 0 Å². The Kier molecular flexibility index (Phi) is 6.93. The van der Waals surface area contributed by atoms with E-state index in [0.717, 1.165) is 33.6 Å². The molecule has 0 radical (unpaired) electrons. The maximum atomic E-state index is 14.2. The fraction of sp³-hybridized carbons (Fsp3) is 0.147. The third-order valence-electron chi connectivity index (χ3n) is 7.58. The number of likely N-dealkylation sites (N-methyl/N-ethyl adjacent to an activating group) is 1. The summed E-state index contributed by atoms with van der Waals surface area (Å²) in [5.41, 5.74) is 5.44. The minimum atomic E-state index is -0.923. The van der Waals surface area contributed by atoms with E-state index in [-0.39, 0.29) is 17.6 Å². The first-order valence-electron chi connectivity index (χ1n) is 13.6. The zero-order chi connectivity index (χ0) is 28.5. The van der Waals surface area contributed by atoms with Crippen LogP contribution in [0.5, 0.6) is 0 Å². The van der Waals surface area contributed by atoms with Crippen LogP contribution in [0.2, 0.25) is 0 Å². The zero-order valence-electron chi connectivity index (χ0n) is 22.8. The molecule has 2 heterocycles. The highest BCUT2D eigenvalue weighted by Crippen LogP contribution is 2.43. The van der Waals surface area contributed by atoms with Crippen molar-refractivity contribution in [3.05, 3.63) is 137 Å². The molecule has 204 valence electrons. The van der Waals surface area contributed by atoms with Crippen LogP contribution in [0.15, 0.2) is 109 Å². The highest BCUT2D eigenvalue weighted by atomic mass is 19.1. The quantitative estimate of drug-likeness (QED) is 0.274. The second-order valence-electron chi connectivity index (χ2n) is 10.1. The lowest BCUT2D eigenvalue weighted by atomic mass is 9.81. The molecule has 1 aliphatic heterocycles. The maximum Gasteiger partial charge on any atom is 0.251 e. The van der Waals surface area contributed by atoms with Crippen LogP contribution in [0.3, 0.4) is 0 Å². The number of hydrogen-bond acceptors (Lipinski definition) is 3. The largest absolute Gasteiger partial charge is 0.339 e. The van der Waals surface area contributed by atoms with Crippen LogP contribution in [0, 0.1) is 12.7 Å². The van der Waals surface area contributed by atoms with Gasteiger partial charge in [0.15, 0.2) is 0 Å². The lowest BCUT2D eigenvalue weighted by Gasteiger charge is -2.38. The van der Waals surface area contributed by atoms with E-state index in [1.807, 2.05) is 92.7 Å². The monoisotopic (exact) mass is 544 g/mol. The molecule has 1 aliphatic rings. The summed E-state index contributed by atoms with van der Waals surface area (Å²) in [6.45, 7) is 4.19. The van der Waals surface area contributed by atoms with Gasteiger partial charge in [-0.2, -0.15) is 5.10 Å². The van der Waals surface area contributed by atoms with Crippen molar-refractivity contribution in [2.75, 3.05) is 11.4 Å². The number of fused-ring (bicyclic) bond motifs is 1. The molecule has 2 atom stereocenters. The number of carbonyl (C=O) groups excluding carboxylic acids is 2. The van der Waals surface area contributed by atoms with Crippen molar-refractivity contribution < 1.29 is 14.0 Å². The Balaban J connectivity index is 1.45. The van der Waals surface area contributed by atoms with E-state index in [2.05, 4.69) is 5.32 Å². The molecule has 0 fully saturated rings. The molecule has 0 unspecified atom stereocenters. The highest BCUT2D eigenvalue weighted by Gasteiger charge is 2.45. The van der Waals surface area contributed by atoms with Gasteiger partial charge in [0.25, 0.3) is 11.8 Å². The number of rotatable bonds is 6. The summed E-state index contributed by atoms with van der Waals surface area (Å²) in [6.07, 6.45) is 0. The summed E-state index contributed by atoms with van der Waals surface area (Å²) in [6, 6.07) is 32.0. The number of aromatic nitrogens is 2. The molecule has 41 heavy (non-hydrogen) atoms. The van der Waals surface area contributed by atoms with Gasteiger partial charge >= 0.3 is 0 Å². The molecule has 7 heteroatoms. The summed E-state index contributed by atoms with van der Waals surface area (Å²) in [5.74, 6) is -0.896. The first kappa shape index (κ1) is 26.2. The second-order valence-corrected chi connectivity index (χ2v) is 10.1. The molecule has 0 aliphatic carbocycles. The van der Waals surface area contributed by atoms with Gasteiger partial charge in [0.05, 0.1) is 11.4 Å². The number of benzene rings is 4. The molecule has 6 nitrogen and oxygen atoms in total. The third kappa shape index (κ3) is 4.80. The van der Waals surface area contributed by atoms with Crippen molar-refractivity contribution >= 4 is 17.6 Å². The number of nitrogens with zero attached hydrogens (tertiary/aromatic N) is 3. The topological polar surface area (TPSA) is 67.2 Å². The van der Waals surface area contributed by atoms with Crippen LogP contribution >= 0.6 is 0 Å². The second kappa shape index (κ2) is 10.8. The van der Waals surface area contributed by atoms with E-state index in [1.54, 1.807) is 27.8 Å². The smallest absolute Gasteiger partial charge is 0.251 e. The summed E-state index contributed by atoms with van der Waals surface area (Å²) >= 11 is 0. The fourth-order valence-electron chi connectivity index (χ4n) is 5.66. The molecule has 1 N–H and O–H groups in total. The van der Waals surface area contributed by atoms with Gasteiger partial charge in [-0.3, -0.25) is 14.5 Å². The standard InChI is InChI=1S/C34H29FN4O2/c1-3-38-33-29(22(2)37-39(33)28-15-8-5-9-16-28)30(24-17-19-27(35)20-18-24)31(34(38)41)36-32(40)26-14-10-13-25(21-26)23-11-6-4-7-12-23/h4-21,30-31H,3H2,1-2H3,(H,36,40)/t30-,31-/m0/s1. The average Bonchev–Trinajstić information content (AvgIpc) is 3.35. The van der Waals surface area contributed by atoms with E-state index in [1.165, 1.54) is 12.1 Å². The number of nitrogens with one attached hydrogen (secondary N) is 1. The summed E-state index contributed by atoms with van der Waals surface area (Å²) in [4.78, 5) is 29.6. The first-order valence-corrected chi connectivity index (χ1v) is 13.6. The molecule has 5 aromatic rings. The molecular formula is C34H29FN4O2. The third-order valence-corrected chi connectivity index (χ3v) is 7.58. The molecule has 1 aromatic heterocycles. The van der Waals surface area contributed by atoms with E-state index < -0.39 is 12.0 Å². The maximum absolute atomic E-state index is 14.2. The number of aryl methyl sites for hydroxylation is 1. The van der Waals surface area contributed by atoms with Crippen LogP contribution in [0.1, 0.15) is 40.0 Å². The molecule has 4 aromatic carbocycles. The predicted octanol–water partition coefficient (Wildman–Crippen LogP) is 6.28. The van der Waals surface area contributed by atoms with Crippen LogP contribution in [-0.2, 0) is 4.79 Å². The van der Waals surface area contributed by atoms with Crippen LogP contribution < -0.4 is 10.2 Å². The summed E-state index contributed by atoms with van der Waals surface area (Å²) < 4.78 is 15.8. The molecule has 0 spiro atoms. The van der Waals surface area contributed by atoms with Crippen molar-refractivity contribution in [3.8, 4) is 16.8 Å². The SMILES string of the molecule is CCN1C(=O)[C@@H](NC(=O)c2cccc(-c3ccccc3)c2)[C@@H](c2ccc(F)cc2)c2c(C)nn(-c3ccccc3)c21. The number of para-hydroxylation sites is 1. The van der Waals surface area contributed by atoms with Gasteiger partial charge in [0.1, 0.15) is 17.7 Å². The Morgan fingerprint density at radius 2 is 1.54 bits per heavy atom. The average molecular weight is 545 g/mol. The van der Waals surface area contributed by atoms with E-state index in [4.69, 9.17) is 5.10 Å². The van der Waals surface area contributed by atoms with Crippen molar-refractivity contribution in [2.45, 2.75) is 25.8 Å². The number of anilines is 1. The number of halogens is 1. The van der Waals surface area contributed by atoms with Gasteiger partial charge in [-0.15, -0.1) is 0 Å². The van der Waals surface area contributed by atoms with E-state index >= 15 is 0 Å². The van der Waals surface area contributed by atoms with Gasteiger partial charge in [0, 0.05) is 23.6 Å². The Bertz CT molecular complexity index is 1720. The Hall–Kier alpha value is -5.04. The molecule has 6 rings (SSSR count). The van der Waals surface area contributed by atoms with Crippen molar-refractivity contribution in [1.82, 2.24) is 15.1 Å². The number of hydrogen-bond donors (Lipinski definition) is 1. The van der Waals surface area contributed by atoms with Gasteiger partial charge in [-0.25, -0.2) is 9.07 Å². The van der Waals surface area contributed by atoms with Gasteiger partial charge in [-0.05, 0) is 66.9 Å².